The van der Waals surface area contributed by atoms with Crippen molar-refractivity contribution in [2.24, 2.45) is 0 Å². The Morgan fingerprint density at radius 2 is 1.80 bits per heavy atom. The van der Waals surface area contributed by atoms with E-state index in [0.717, 1.165) is 37.8 Å². The van der Waals surface area contributed by atoms with Crippen LogP contribution in [0.4, 0.5) is 23.4 Å². The third-order valence-corrected chi connectivity index (χ3v) is 8.42. The van der Waals surface area contributed by atoms with Crippen molar-refractivity contribution < 1.29 is 31.6 Å². The molecule has 1 amide bonds. The highest BCUT2D eigenvalue weighted by Crippen LogP contribution is 2.59. The average Bonchev–Trinajstić information content (AvgIpc) is 3.58. The van der Waals surface area contributed by atoms with Crippen LogP contribution in [0.15, 0.2) is 47.4 Å². The number of amides is 1. The lowest BCUT2D eigenvalue weighted by Crippen LogP contribution is -2.32. The molecule has 3 aromatic heterocycles. The smallest absolute Gasteiger partial charge is 0.401 e. The SMILES string of the molecule is COc1nn(CCN2CCCCC2)cc1Cc1ncc(-c2ccc(CC(=O)Nc3cc(C4(C(F)(F)F)CC4)on3)c(F)c2)cn1. The number of ether oxygens (including phenoxy) is 1. The van der Waals surface area contributed by atoms with Gasteiger partial charge in [-0.15, -0.1) is 5.10 Å². The molecule has 14 heteroatoms. The van der Waals surface area contributed by atoms with Gasteiger partial charge in [0.05, 0.1) is 20.1 Å². The van der Waals surface area contributed by atoms with Crippen LogP contribution in [-0.2, 0) is 29.6 Å². The Balaban J connectivity index is 1.05. The molecule has 238 valence electrons. The number of nitrogens with one attached hydrogen (secondary N) is 1. The molecule has 1 aliphatic carbocycles. The number of hydrogen-bond acceptors (Lipinski definition) is 8. The number of piperidine rings is 1. The van der Waals surface area contributed by atoms with E-state index >= 15 is 0 Å². The molecule has 2 fully saturated rings. The standard InChI is InChI=1S/C31H33F4N7O3/c1-44-29-22(19-42(39-29)12-11-41-9-3-2-4-10-41)14-26-36-17-23(18-37-26)20-5-6-21(24(32)13-20)15-28(43)38-27-16-25(45-40-27)30(7-8-30)31(33,34)35/h5-6,13,16-19H,2-4,7-12,14-15H2,1H3,(H,38,40,43). The zero-order chi connectivity index (χ0) is 31.6. The number of hydrogen-bond donors (Lipinski definition) is 1. The van der Waals surface area contributed by atoms with Crippen molar-refractivity contribution in [3.8, 4) is 17.0 Å². The Hall–Kier alpha value is -4.33. The van der Waals surface area contributed by atoms with Crippen LogP contribution < -0.4 is 10.1 Å². The molecule has 0 atom stereocenters. The van der Waals surface area contributed by atoms with Crippen molar-refractivity contribution in [1.29, 1.82) is 0 Å². The third-order valence-electron chi connectivity index (χ3n) is 8.42. The number of rotatable bonds is 11. The van der Waals surface area contributed by atoms with E-state index in [0.29, 0.717) is 29.3 Å². The maximum atomic E-state index is 15.0. The van der Waals surface area contributed by atoms with Gasteiger partial charge in [0.1, 0.15) is 17.1 Å². The first-order chi connectivity index (χ1) is 21.6. The highest BCUT2D eigenvalue weighted by molar-refractivity contribution is 5.91. The number of benzene rings is 1. The lowest BCUT2D eigenvalue weighted by atomic mass is 10.0. The molecule has 0 bridgehead atoms. The second-order valence-corrected chi connectivity index (χ2v) is 11.6. The largest absolute Gasteiger partial charge is 0.480 e. The molecule has 1 aromatic carbocycles. The summed E-state index contributed by atoms with van der Waals surface area (Å²) >= 11 is 0. The molecule has 1 saturated carbocycles. The van der Waals surface area contributed by atoms with Gasteiger partial charge in [0.2, 0.25) is 11.8 Å². The molecule has 1 aliphatic heterocycles. The van der Waals surface area contributed by atoms with Crippen molar-refractivity contribution in [2.75, 3.05) is 32.1 Å². The normalized spacial score (nSPS) is 16.5. The van der Waals surface area contributed by atoms with Crippen LogP contribution in [0.2, 0.25) is 0 Å². The minimum atomic E-state index is -4.46. The van der Waals surface area contributed by atoms with Crippen molar-refractivity contribution >= 4 is 11.7 Å². The number of nitrogens with zero attached hydrogens (tertiary/aromatic N) is 6. The second kappa shape index (κ2) is 12.6. The monoisotopic (exact) mass is 627 g/mol. The van der Waals surface area contributed by atoms with E-state index in [4.69, 9.17) is 9.26 Å². The molecule has 6 rings (SSSR count). The minimum absolute atomic E-state index is 0.0934. The van der Waals surface area contributed by atoms with Crippen LogP contribution in [0.5, 0.6) is 5.88 Å². The molecule has 2 aliphatic rings. The van der Waals surface area contributed by atoms with Crippen LogP contribution >= 0.6 is 0 Å². The Morgan fingerprint density at radius 1 is 1.04 bits per heavy atom. The van der Waals surface area contributed by atoms with E-state index < -0.39 is 23.3 Å². The number of anilines is 1. The lowest BCUT2D eigenvalue weighted by molar-refractivity contribution is -0.165. The zero-order valence-corrected chi connectivity index (χ0v) is 24.7. The van der Waals surface area contributed by atoms with Crippen LogP contribution in [0.1, 0.15) is 54.8 Å². The number of aromatic nitrogens is 5. The zero-order valence-electron chi connectivity index (χ0n) is 24.7. The van der Waals surface area contributed by atoms with E-state index in [1.807, 2.05) is 10.9 Å². The highest BCUT2D eigenvalue weighted by atomic mass is 19.4. The van der Waals surface area contributed by atoms with Crippen molar-refractivity contribution in [1.82, 2.24) is 29.8 Å². The average molecular weight is 628 g/mol. The molecule has 0 radical (unpaired) electrons. The van der Waals surface area contributed by atoms with Crippen molar-refractivity contribution in [2.45, 2.75) is 63.1 Å². The molecule has 1 saturated heterocycles. The molecular weight excluding hydrogens is 594 g/mol. The Morgan fingerprint density at radius 3 is 2.47 bits per heavy atom. The van der Waals surface area contributed by atoms with Crippen LogP contribution in [0.25, 0.3) is 11.1 Å². The summed E-state index contributed by atoms with van der Waals surface area (Å²) in [6.07, 6.45) is 4.35. The summed E-state index contributed by atoms with van der Waals surface area (Å²) in [6, 6.07) is 5.47. The first-order valence-electron chi connectivity index (χ1n) is 14.9. The fraction of sp³-hybridized carbons (Fsp3) is 0.452. The number of methoxy groups -OCH3 is 1. The maximum Gasteiger partial charge on any atom is 0.401 e. The first-order valence-corrected chi connectivity index (χ1v) is 14.9. The summed E-state index contributed by atoms with van der Waals surface area (Å²) in [7, 11) is 1.58. The molecule has 0 spiro atoms. The topological polar surface area (TPSA) is 111 Å². The van der Waals surface area contributed by atoms with Gasteiger partial charge in [-0.2, -0.15) is 13.2 Å². The van der Waals surface area contributed by atoms with Gasteiger partial charge in [0.15, 0.2) is 11.6 Å². The minimum Gasteiger partial charge on any atom is -0.480 e. The van der Waals surface area contributed by atoms with E-state index in [1.54, 1.807) is 25.6 Å². The molecule has 1 N–H and O–H groups in total. The summed E-state index contributed by atoms with van der Waals surface area (Å²) in [5, 5.41) is 10.5. The summed E-state index contributed by atoms with van der Waals surface area (Å²) in [6.45, 7) is 3.94. The van der Waals surface area contributed by atoms with E-state index in [1.165, 1.54) is 31.4 Å². The molecular formula is C31H33F4N7O3. The quantitative estimate of drug-likeness (QED) is 0.222. The van der Waals surface area contributed by atoms with Gasteiger partial charge >= 0.3 is 6.18 Å². The van der Waals surface area contributed by atoms with Gasteiger partial charge in [0, 0.05) is 48.7 Å². The molecule has 45 heavy (non-hydrogen) atoms. The first kappa shape index (κ1) is 30.7. The Bertz CT molecular complexity index is 1640. The van der Waals surface area contributed by atoms with Crippen molar-refractivity contribution in [3.63, 3.8) is 0 Å². The van der Waals surface area contributed by atoms with Gasteiger partial charge in [-0.25, -0.2) is 14.4 Å². The number of alkyl halides is 3. The third kappa shape index (κ3) is 6.85. The lowest BCUT2D eigenvalue weighted by Gasteiger charge is -2.26. The van der Waals surface area contributed by atoms with Gasteiger partial charge in [-0.3, -0.25) is 9.48 Å². The molecule has 10 nitrogen and oxygen atoms in total. The molecule has 4 heterocycles. The van der Waals surface area contributed by atoms with Gasteiger partial charge in [-0.05, 0) is 56.0 Å². The van der Waals surface area contributed by atoms with Crippen LogP contribution in [0, 0.1) is 5.82 Å². The maximum absolute atomic E-state index is 15.0. The van der Waals surface area contributed by atoms with E-state index in [2.05, 4.69) is 30.4 Å². The summed E-state index contributed by atoms with van der Waals surface area (Å²) in [5.41, 5.74) is 0.0404. The molecule has 0 unspecified atom stereocenters. The van der Waals surface area contributed by atoms with E-state index in [9.17, 15) is 22.4 Å². The predicted octanol–water partition coefficient (Wildman–Crippen LogP) is 5.33. The number of likely N-dealkylation sites (tertiary alicyclic amines) is 1. The van der Waals surface area contributed by atoms with Crippen molar-refractivity contribution in [3.05, 3.63) is 71.4 Å². The summed E-state index contributed by atoms with van der Waals surface area (Å²) in [5.74, 6) is -0.673. The van der Waals surface area contributed by atoms with Crippen LogP contribution in [-0.4, -0.2) is 68.6 Å². The second-order valence-electron chi connectivity index (χ2n) is 11.6. The fourth-order valence-electron chi connectivity index (χ4n) is 5.63. The van der Waals surface area contributed by atoms with Gasteiger partial charge in [0.25, 0.3) is 0 Å². The number of halogens is 4. The number of carbonyl (C=O) groups is 1. The Labute approximate surface area is 256 Å². The van der Waals surface area contributed by atoms with Gasteiger partial charge in [-0.1, -0.05) is 23.7 Å². The summed E-state index contributed by atoms with van der Waals surface area (Å²) < 4.78 is 67.1. The van der Waals surface area contributed by atoms with Crippen LogP contribution in [0.3, 0.4) is 0 Å². The van der Waals surface area contributed by atoms with Gasteiger partial charge < -0.3 is 19.5 Å². The fourth-order valence-corrected chi connectivity index (χ4v) is 5.63. The summed E-state index contributed by atoms with van der Waals surface area (Å²) in [4.78, 5) is 23.8. The predicted molar refractivity (Wildman–Crippen MR) is 155 cm³/mol. The molecule has 4 aromatic rings. The number of carbonyl (C=O) groups excluding carboxylic acids is 1. The Kier molecular flexibility index (Phi) is 8.58. The highest BCUT2D eigenvalue weighted by Gasteiger charge is 2.66. The van der Waals surface area contributed by atoms with E-state index in [-0.39, 0.29) is 36.4 Å².